The van der Waals surface area contributed by atoms with Gasteiger partial charge < -0.3 is 10.1 Å². The van der Waals surface area contributed by atoms with E-state index in [-0.39, 0.29) is 17.7 Å². The van der Waals surface area contributed by atoms with Crippen molar-refractivity contribution in [3.63, 3.8) is 0 Å². The first kappa shape index (κ1) is 11.8. The zero-order valence-electron chi connectivity index (χ0n) is 10.6. The third kappa shape index (κ3) is 1.63. The molecule has 1 fully saturated rings. The highest BCUT2D eigenvalue weighted by Crippen LogP contribution is 2.48. The maximum Gasteiger partial charge on any atom is 0.228 e. The van der Waals surface area contributed by atoms with Crippen LogP contribution >= 0.6 is 11.6 Å². The van der Waals surface area contributed by atoms with E-state index >= 15 is 0 Å². The van der Waals surface area contributed by atoms with Gasteiger partial charge in [-0.05, 0) is 24.3 Å². The number of fused-ring (bicyclic) bond motifs is 5. The van der Waals surface area contributed by atoms with Gasteiger partial charge in [-0.3, -0.25) is 4.79 Å². The molecule has 2 unspecified atom stereocenters. The van der Waals surface area contributed by atoms with Crippen molar-refractivity contribution in [3.8, 4) is 11.5 Å². The summed E-state index contributed by atoms with van der Waals surface area (Å²) in [6.45, 7) is 0.620. The highest BCUT2D eigenvalue weighted by molar-refractivity contribution is 6.30. The molecule has 1 saturated heterocycles. The Labute approximate surface area is 121 Å². The van der Waals surface area contributed by atoms with E-state index in [4.69, 9.17) is 16.3 Å². The fourth-order valence-corrected chi connectivity index (χ4v) is 3.30. The van der Waals surface area contributed by atoms with Gasteiger partial charge in [-0.25, -0.2) is 0 Å². The van der Waals surface area contributed by atoms with Gasteiger partial charge in [-0.15, -0.1) is 0 Å². The fourth-order valence-electron chi connectivity index (χ4n) is 3.12. The van der Waals surface area contributed by atoms with Crippen molar-refractivity contribution in [3.05, 3.63) is 58.6 Å². The molecule has 2 atom stereocenters. The molecule has 0 saturated carbocycles. The molecular weight excluding hydrogens is 274 g/mol. The summed E-state index contributed by atoms with van der Waals surface area (Å²) in [5.41, 5.74) is 1.94. The summed E-state index contributed by atoms with van der Waals surface area (Å²) in [5.74, 6) is 1.45. The molecule has 0 bridgehead atoms. The lowest BCUT2D eigenvalue weighted by Gasteiger charge is -2.15. The smallest absolute Gasteiger partial charge is 0.228 e. The predicted molar refractivity (Wildman–Crippen MR) is 76.5 cm³/mol. The highest BCUT2D eigenvalue weighted by atomic mass is 35.5. The number of benzene rings is 2. The molecule has 0 spiro atoms. The third-order valence-corrected chi connectivity index (χ3v) is 4.26. The number of rotatable bonds is 0. The molecule has 4 heteroatoms. The van der Waals surface area contributed by atoms with Gasteiger partial charge in [0, 0.05) is 28.6 Å². The van der Waals surface area contributed by atoms with Gasteiger partial charge in [0.05, 0.1) is 5.92 Å². The van der Waals surface area contributed by atoms with E-state index in [1.54, 1.807) is 0 Å². The van der Waals surface area contributed by atoms with Crippen molar-refractivity contribution in [1.29, 1.82) is 0 Å². The Hall–Kier alpha value is -2.00. The second-order valence-electron chi connectivity index (χ2n) is 5.15. The van der Waals surface area contributed by atoms with Gasteiger partial charge in [0.15, 0.2) is 0 Å². The van der Waals surface area contributed by atoms with Crippen LogP contribution in [0.15, 0.2) is 42.5 Å². The summed E-state index contributed by atoms with van der Waals surface area (Å²) < 4.78 is 6.00. The van der Waals surface area contributed by atoms with Crippen LogP contribution in [-0.2, 0) is 4.79 Å². The van der Waals surface area contributed by atoms with Crippen LogP contribution in [0.1, 0.15) is 23.0 Å². The average Bonchev–Trinajstić information content (AvgIpc) is 2.76. The second-order valence-corrected chi connectivity index (χ2v) is 5.59. The van der Waals surface area contributed by atoms with Crippen LogP contribution in [0, 0.1) is 0 Å². The maximum absolute atomic E-state index is 12.2. The zero-order chi connectivity index (χ0) is 13.7. The quantitative estimate of drug-likeness (QED) is 0.805. The lowest BCUT2D eigenvalue weighted by atomic mass is 9.84. The molecule has 3 nitrogen and oxygen atoms in total. The van der Waals surface area contributed by atoms with Crippen molar-refractivity contribution in [2.24, 2.45) is 0 Å². The lowest BCUT2D eigenvalue weighted by Crippen LogP contribution is -2.18. The number of nitrogens with one attached hydrogen (secondary N) is 1. The molecule has 2 aromatic carbocycles. The van der Waals surface area contributed by atoms with Crippen LogP contribution in [0.25, 0.3) is 0 Å². The normalized spacial score (nSPS) is 22.9. The summed E-state index contributed by atoms with van der Waals surface area (Å²) in [7, 11) is 0. The van der Waals surface area contributed by atoms with Crippen LogP contribution in [0.5, 0.6) is 11.5 Å². The topological polar surface area (TPSA) is 38.3 Å². The Balaban J connectivity index is 1.98. The molecule has 1 N–H and O–H groups in total. The average molecular weight is 286 g/mol. The monoisotopic (exact) mass is 285 g/mol. The number of amides is 1. The van der Waals surface area contributed by atoms with E-state index in [1.165, 1.54) is 0 Å². The standard InChI is InChI=1S/C16H12ClNO2/c17-9-5-6-14-11(7-9)12-8-18-16(19)15(12)10-3-1-2-4-13(10)20-14/h1-7,12,15H,8H2,(H,18,19). The lowest BCUT2D eigenvalue weighted by molar-refractivity contribution is -0.120. The predicted octanol–water partition coefficient (Wildman–Crippen LogP) is 3.44. The van der Waals surface area contributed by atoms with Gasteiger partial charge in [-0.1, -0.05) is 29.8 Å². The van der Waals surface area contributed by atoms with E-state index in [1.807, 2.05) is 42.5 Å². The highest BCUT2D eigenvalue weighted by Gasteiger charge is 2.41. The van der Waals surface area contributed by atoms with Gasteiger partial charge in [0.25, 0.3) is 0 Å². The molecule has 2 heterocycles. The van der Waals surface area contributed by atoms with E-state index in [2.05, 4.69) is 5.32 Å². The van der Waals surface area contributed by atoms with Gasteiger partial charge in [-0.2, -0.15) is 0 Å². The second kappa shape index (κ2) is 4.25. The summed E-state index contributed by atoms with van der Waals surface area (Å²) in [6.07, 6.45) is 0. The third-order valence-electron chi connectivity index (χ3n) is 4.03. The van der Waals surface area contributed by atoms with E-state index < -0.39 is 0 Å². The summed E-state index contributed by atoms with van der Waals surface area (Å²) in [6, 6.07) is 13.3. The summed E-state index contributed by atoms with van der Waals surface area (Å²) >= 11 is 6.11. The van der Waals surface area contributed by atoms with Gasteiger partial charge >= 0.3 is 0 Å². The SMILES string of the molecule is O=C1NCC2c3cc(Cl)ccc3Oc3ccccc3C12. The van der Waals surface area contributed by atoms with Crippen LogP contribution in [-0.4, -0.2) is 12.5 Å². The molecule has 0 radical (unpaired) electrons. The van der Waals surface area contributed by atoms with E-state index in [0.717, 1.165) is 22.6 Å². The number of halogens is 1. The van der Waals surface area contributed by atoms with E-state index in [0.29, 0.717) is 11.6 Å². The van der Waals surface area contributed by atoms with Crippen LogP contribution in [0.4, 0.5) is 0 Å². The summed E-state index contributed by atoms with van der Waals surface area (Å²) in [5, 5.41) is 3.62. The minimum absolute atomic E-state index is 0.0545. The maximum atomic E-state index is 12.2. The van der Waals surface area contributed by atoms with Crippen molar-refractivity contribution >= 4 is 17.5 Å². The minimum Gasteiger partial charge on any atom is -0.457 e. The molecule has 20 heavy (non-hydrogen) atoms. The number of ether oxygens (including phenoxy) is 1. The molecule has 1 amide bonds. The van der Waals surface area contributed by atoms with Crippen molar-refractivity contribution < 1.29 is 9.53 Å². The molecule has 0 aliphatic carbocycles. The Bertz CT molecular complexity index is 713. The number of hydrogen-bond donors (Lipinski definition) is 1. The molecule has 2 aliphatic heterocycles. The Kier molecular flexibility index (Phi) is 2.51. The Morgan fingerprint density at radius 2 is 1.90 bits per heavy atom. The molecular formula is C16H12ClNO2. The Morgan fingerprint density at radius 1 is 1.10 bits per heavy atom. The number of carbonyl (C=O) groups is 1. The van der Waals surface area contributed by atoms with Gasteiger partial charge in [0.2, 0.25) is 5.91 Å². The number of hydrogen-bond acceptors (Lipinski definition) is 2. The largest absolute Gasteiger partial charge is 0.457 e. The number of carbonyl (C=O) groups excluding carboxylic acids is 1. The minimum atomic E-state index is -0.203. The van der Waals surface area contributed by atoms with E-state index in [9.17, 15) is 4.79 Å². The Morgan fingerprint density at radius 3 is 2.80 bits per heavy atom. The van der Waals surface area contributed by atoms with Gasteiger partial charge in [0.1, 0.15) is 11.5 Å². The van der Waals surface area contributed by atoms with Crippen LogP contribution in [0.3, 0.4) is 0 Å². The van der Waals surface area contributed by atoms with Crippen molar-refractivity contribution in [1.82, 2.24) is 5.32 Å². The first-order valence-corrected chi connectivity index (χ1v) is 6.96. The van der Waals surface area contributed by atoms with Crippen molar-refractivity contribution in [2.75, 3.05) is 6.54 Å². The first-order valence-electron chi connectivity index (χ1n) is 6.58. The fraction of sp³-hybridized carbons (Fsp3) is 0.188. The molecule has 4 rings (SSSR count). The first-order chi connectivity index (χ1) is 9.74. The number of para-hydroxylation sites is 1. The summed E-state index contributed by atoms with van der Waals surface area (Å²) in [4.78, 5) is 12.2. The van der Waals surface area contributed by atoms with Crippen LogP contribution < -0.4 is 10.1 Å². The molecule has 2 aromatic rings. The van der Waals surface area contributed by atoms with Crippen LogP contribution in [0.2, 0.25) is 5.02 Å². The molecule has 0 aromatic heterocycles. The molecule has 100 valence electrons. The van der Waals surface area contributed by atoms with Crippen molar-refractivity contribution in [2.45, 2.75) is 11.8 Å². The zero-order valence-corrected chi connectivity index (χ0v) is 11.4. The molecule has 2 aliphatic rings.